The maximum Gasteiger partial charge on any atom is 0.260 e. The first-order chi connectivity index (χ1) is 12.7. The molecule has 2 aromatic rings. The Balaban J connectivity index is 1.47. The van der Waals surface area contributed by atoms with Gasteiger partial charge in [0.25, 0.3) is 5.91 Å². The van der Waals surface area contributed by atoms with Gasteiger partial charge < -0.3 is 19.1 Å². The molecule has 138 valence electrons. The van der Waals surface area contributed by atoms with Crippen LogP contribution in [-0.4, -0.2) is 53.2 Å². The van der Waals surface area contributed by atoms with Crippen molar-refractivity contribution in [3.8, 4) is 17.4 Å². The van der Waals surface area contributed by atoms with Crippen LogP contribution in [0.1, 0.15) is 19.8 Å². The molecule has 1 aliphatic heterocycles. The molecule has 1 aromatic carbocycles. The Hall–Kier alpha value is -2.83. The molecule has 0 bridgehead atoms. The van der Waals surface area contributed by atoms with Crippen molar-refractivity contribution >= 4 is 5.91 Å². The second-order valence-corrected chi connectivity index (χ2v) is 5.96. The lowest BCUT2D eigenvalue weighted by molar-refractivity contribution is -0.136. The van der Waals surface area contributed by atoms with Crippen molar-refractivity contribution in [2.75, 3.05) is 26.3 Å². The van der Waals surface area contributed by atoms with Crippen LogP contribution in [0.15, 0.2) is 42.9 Å². The summed E-state index contributed by atoms with van der Waals surface area (Å²) in [7, 11) is 0. The molecule has 0 saturated carbocycles. The minimum Gasteiger partial charge on any atom is -0.494 e. The molecule has 1 aliphatic rings. The molecule has 3 rings (SSSR count). The lowest BCUT2D eigenvalue weighted by Crippen LogP contribution is -2.46. The summed E-state index contributed by atoms with van der Waals surface area (Å²) < 4.78 is 16.8. The molecule has 0 aliphatic carbocycles. The monoisotopic (exact) mass is 357 g/mol. The second kappa shape index (κ2) is 9.03. The fraction of sp³-hybridized carbons (Fsp3) is 0.421. The number of likely N-dealkylation sites (tertiary alicyclic amines) is 1. The first-order valence-electron chi connectivity index (χ1n) is 8.80. The summed E-state index contributed by atoms with van der Waals surface area (Å²) in [5.74, 6) is 1.86. The van der Waals surface area contributed by atoms with Crippen LogP contribution in [0.4, 0.5) is 0 Å². The van der Waals surface area contributed by atoms with Crippen molar-refractivity contribution in [2.24, 2.45) is 0 Å². The Morgan fingerprint density at radius 3 is 2.65 bits per heavy atom. The van der Waals surface area contributed by atoms with Gasteiger partial charge in [0.15, 0.2) is 6.61 Å². The molecule has 1 atom stereocenters. The van der Waals surface area contributed by atoms with E-state index in [1.54, 1.807) is 35.6 Å². The van der Waals surface area contributed by atoms with Gasteiger partial charge in [-0.25, -0.2) is 4.98 Å². The van der Waals surface area contributed by atoms with E-state index in [0.29, 0.717) is 31.3 Å². The Kier molecular flexibility index (Phi) is 6.24. The van der Waals surface area contributed by atoms with Gasteiger partial charge in [0.05, 0.1) is 19.3 Å². The molecule has 1 amide bonds. The van der Waals surface area contributed by atoms with E-state index < -0.39 is 0 Å². The van der Waals surface area contributed by atoms with E-state index in [9.17, 15) is 4.79 Å². The van der Waals surface area contributed by atoms with E-state index >= 15 is 0 Å². The number of benzene rings is 1. The van der Waals surface area contributed by atoms with Gasteiger partial charge in [-0.15, -0.1) is 0 Å². The molecule has 7 heteroatoms. The largest absolute Gasteiger partial charge is 0.494 e. The number of aromatic nitrogens is 2. The van der Waals surface area contributed by atoms with Crippen LogP contribution in [0.3, 0.4) is 0 Å². The number of amides is 1. The first-order valence-corrected chi connectivity index (χ1v) is 8.80. The molecule has 1 unspecified atom stereocenters. The lowest BCUT2D eigenvalue weighted by Gasteiger charge is -2.32. The summed E-state index contributed by atoms with van der Waals surface area (Å²) in [6.07, 6.45) is 6.47. The van der Waals surface area contributed by atoms with E-state index in [4.69, 9.17) is 14.2 Å². The van der Waals surface area contributed by atoms with Gasteiger partial charge in [-0.1, -0.05) is 0 Å². The number of hydrogen-bond donors (Lipinski definition) is 0. The Morgan fingerprint density at radius 2 is 1.96 bits per heavy atom. The van der Waals surface area contributed by atoms with Gasteiger partial charge in [-0.2, -0.15) is 0 Å². The molecule has 1 fully saturated rings. The van der Waals surface area contributed by atoms with Crippen molar-refractivity contribution in [3.05, 3.63) is 42.9 Å². The van der Waals surface area contributed by atoms with Crippen LogP contribution >= 0.6 is 0 Å². The average Bonchev–Trinajstić information content (AvgIpc) is 2.68. The molecular weight excluding hydrogens is 334 g/mol. The topological polar surface area (TPSA) is 73.8 Å². The highest BCUT2D eigenvalue weighted by atomic mass is 16.5. The van der Waals surface area contributed by atoms with Crippen molar-refractivity contribution in [3.63, 3.8) is 0 Å². The molecule has 2 heterocycles. The number of carbonyl (C=O) groups is 1. The highest BCUT2D eigenvalue weighted by Gasteiger charge is 2.25. The number of hydrogen-bond acceptors (Lipinski definition) is 6. The van der Waals surface area contributed by atoms with Crippen LogP contribution in [-0.2, 0) is 4.79 Å². The molecule has 0 spiro atoms. The zero-order valence-electron chi connectivity index (χ0n) is 14.8. The smallest absolute Gasteiger partial charge is 0.260 e. The molecule has 0 radical (unpaired) electrons. The van der Waals surface area contributed by atoms with Gasteiger partial charge in [-0.05, 0) is 44.0 Å². The number of rotatable bonds is 7. The highest BCUT2D eigenvalue weighted by Crippen LogP contribution is 2.19. The van der Waals surface area contributed by atoms with E-state index in [0.717, 1.165) is 18.6 Å². The Labute approximate surface area is 152 Å². The summed E-state index contributed by atoms with van der Waals surface area (Å²) in [5, 5.41) is 0. The van der Waals surface area contributed by atoms with Crippen LogP contribution < -0.4 is 14.2 Å². The van der Waals surface area contributed by atoms with Gasteiger partial charge in [0.1, 0.15) is 17.6 Å². The van der Waals surface area contributed by atoms with Crippen molar-refractivity contribution in [2.45, 2.75) is 25.9 Å². The maximum absolute atomic E-state index is 12.4. The van der Waals surface area contributed by atoms with Gasteiger partial charge in [-0.3, -0.25) is 9.78 Å². The number of piperidine rings is 1. The Morgan fingerprint density at radius 1 is 1.19 bits per heavy atom. The summed E-state index contributed by atoms with van der Waals surface area (Å²) in [6, 6.07) is 7.26. The molecule has 26 heavy (non-hydrogen) atoms. The molecule has 0 N–H and O–H groups in total. The third kappa shape index (κ3) is 5.08. The van der Waals surface area contributed by atoms with Crippen LogP contribution in [0.2, 0.25) is 0 Å². The number of ether oxygens (including phenoxy) is 3. The zero-order valence-corrected chi connectivity index (χ0v) is 14.8. The molecular formula is C19H23N3O4. The summed E-state index contributed by atoms with van der Waals surface area (Å²) in [5.41, 5.74) is 0. The van der Waals surface area contributed by atoms with Gasteiger partial charge in [0, 0.05) is 18.9 Å². The third-order valence-corrected chi connectivity index (χ3v) is 4.05. The van der Waals surface area contributed by atoms with E-state index in [2.05, 4.69) is 9.97 Å². The minimum absolute atomic E-state index is 0.00580. The minimum atomic E-state index is -0.0742. The van der Waals surface area contributed by atoms with E-state index in [1.165, 1.54) is 0 Å². The summed E-state index contributed by atoms with van der Waals surface area (Å²) in [4.78, 5) is 22.3. The van der Waals surface area contributed by atoms with Gasteiger partial charge in [0.2, 0.25) is 5.88 Å². The number of carbonyl (C=O) groups excluding carboxylic acids is 1. The van der Waals surface area contributed by atoms with Crippen LogP contribution in [0.25, 0.3) is 0 Å². The highest BCUT2D eigenvalue weighted by molar-refractivity contribution is 5.77. The normalized spacial score (nSPS) is 16.8. The van der Waals surface area contributed by atoms with Crippen molar-refractivity contribution < 1.29 is 19.0 Å². The van der Waals surface area contributed by atoms with Crippen LogP contribution in [0.5, 0.6) is 17.4 Å². The second-order valence-electron chi connectivity index (χ2n) is 5.96. The zero-order chi connectivity index (χ0) is 18.2. The average molecular weight is 357 g/mol. The maximum atomic E-state index is 12.4. The van der Waals surface area contributed by atoms with E-state index in [-0.39, 0.29) is 18.6 Å². The predicted molar refractivity (Wildman–Crippen MR) is 95.4 cm³/mol. The quantitative estimate of drug-likeness (QED) is 0.757. The molecule has 1 aromatic heterocycles. The molecule has 1 saturated heterocycles. The van der Waals surface area contributed by atoms with Crippen molar-refractivity contribution in [1.82, 2.24) is 14.9 Å². The predicted octanol–water partition coefficient (Wildman–Crippen LogP) is 2.32. The van der Waals surface area contributed by atoms with Crippen molar-refractivity contribution in [1.29, 1.82) is 0 Å². The first kappa shape index (κ1) is 18.0. The third-order valence-electron chi connectivity index (χ3n) is 4.05. The molecule has 7 nitrogen and oxygen atoms in total. The summed E-state index contributed by atoms with van der Waals surface area (Å²) in [6.45, 7) is 3.80. The number of nitrogens with zero attached hydrogens (tertiary/aromatic N) is 3. The summed E-state index contributed by atoms with van der Waals surface area (Å²) >= 11 is 0. The van der Waals surface area contributed by atoms with Crippen LogP contribution in [0, 0.1) is 0 Å². The van der Waals surface area contributed by atoms with Gasteiger partial charge >= 0.3 is 0 Å². The van der Waals surface area contributed by atoms with E-state index in [1.807, 2.05) is 19.1 Å². The lowest BCUT2D eigenvalue weighted by atomic mass is 10.1. The fourth-order valence-electron chi connectivity index (χ4n) is 2.81. The SMILES string of the molecule is CCOc1ccc(OCC(=O)N2CCCC(Oc3cnccn3)C2)cc1. The fourth-order valence-corrected chi connectivity index (χ4v) is 2.81. The Bertz CT molecular complexity index is 694. The standard InChI is InChI=1S/C19H23N3O4/c1-2-24-15-5-7-16(8-6-15)25-14-19(23)22-11-3-4-17(13-22)26-18-12-20-9-10-21-18/h5-10,12,17H,2-4,11,13-14H2,1H3.